The van der Waals surface area contributed by atoms with Crippen LogP contribution in [-0.2, 0) is 9.59 Å². The molecule has 0 unspecified atom stereocenters. The third-order valence-corrected chi connectivity index (χ3v) is 4.81. The zero-order valence-electron chi connectivity index (χ0n) is 14.1. The van der Waals surface area contributed by atoms with Gasteiger partial charge >= 0.3 is 0 Å². The van der Waals surface area contributed by atoms with Crippen molar-refractivity contribution in [3.8, 4) is 5.75 Å². The maximum Gasteiger partial charge on any atom is 0.264 e. The number of carbonyl (C=O) groups is 2. The molecule has 1 aromatic heterocycles. The van der Waals surface area contributed by atoms with Crippen LogP contribution in [0, 0.1) is 6.92 Å². The first-order valence-corrected chi connectivity index (χ1v) is 8.97. The number of halogens is 1. The highest BCUT2D eigenvalue weighted by atomic mass is 35.5. The van der Waals surface area contributed by atoms with Crippen LogP contribution in [0.4, 0.5) is 10.8 Å². The molecule has 3 rings (SSSR count). The molecule has 0 bridgehead atoms. The number of nitrogens with zero attached hydrogens (tertiary/aromatic N) is 1. The average Bonchev–Trinajstić information content (AvgIpc) is 2.96. The van der Waals surface area contributed by atoms with Crippen molar-refractivity contribution >= 4 is 55.8 Å². The van der Waals surface area contributed by atoms with Crippen molar-refractivity contribution in [3.63, 3.8) is 0 Å². The topological polar surface area (TPSA) is 80.3 Å². The van der Waals surface area contributed by atoms with Gasteiger partial charge in [0.1, 0.15) is 5.75 Å². The van der Waals surface area contributed by atoms with Crippen LogP contribution < -0.4 is 15.4 Å². The van der Waals surface area contributed by atoms with Gasteiger partial charge in [0, 0.05) is 17.6 Å². The Morgan fingerprint density at radius 2 is 2.00 bits per heavy atom. The van der Waals surface area contributed by atoms with E-state index in [1.54, 1.807) is 30.3 Å². The van der Waals surface area contributed by atoms with Gasteiger partial charge in [-0.3, -0.25) is 14.9 Å². The van der Waals surface area contributed by atoms with Crippen molar-refractivity contribution in [3.05, 3.63) is 47.0 Å². The fraction of sp³-hybridized carbons (Fsp3) is 0.167. The summed E-state index contributed by atoms with van der Waals surface area (Å²) in [6.45, 7) is 3.18. The number of benzene rings is 2. The van der Waals surface area contributed by atoms with Gasteiger partial charge in [-0.15, -0.1) is 0 Å². The van der Waals surface area contributed by atoms with E-state index in [9.17, 15) is 9.59 Å². The molecule has 0 saturated heterocycles. The van der Waals surface area contributed by atoms with E-state index in [1.807, 2.05) is 13.0 Å². The smallest absolute Gasteiger partial charge is 0.264 e. The van der Waals surface area contributed by atoms with E-state index >= 15 is 0 Å². The molecule has 0 saturated carbocycles. The lowest BCUT2D eigenvalue weighted by Crippen LogP contribution is -2.20. The SMILES string of the molecule is CC(=O)Nc1ccc2nc(NC(=O)COc3ccc(Cl)c(C)c3)sc2c1. The fourth-order valence-electron chi connectivity index (χ4n) is 2.27. The standard InChI is InChI=1S/C18H16ClN3O3S/c1-10-7-13(4-5-14(10)19)25-9-17(24)22-18-21-15-6-3-12(20-11(2)23)8-16(15)26-18/h3-8H,9H2,1-2H3,(H,20,23)(H,21,22,24). The van der Waals surface area contributed by atoms with Gasteiger partial charge in [0.15, 0.2) is 11.7 Å². The van der Waals surface area contributed by atoms with E-state index in [0.717, 1.165) is 15.8 Å². The third-order valence-electron chi connectivity index (χ3n) is 3.45. The molecule has 0 aliphatic heterocycles. The van der Waals surface area contributed by atoms with Crippen molar-refractivity contribution < 1.29 is 14.3 Å². The van der Waals surface area contributed by atoms with Crippen molar-refractivity contribution in [2.24, 2.45) is 0 Å². The number of amides is 2. The van der Waals surface area contributed by atoms with Crippen LogP contribution in [0.1, 0.15) is 12.5 Å². The zero-order valence-corrected chi connectivity index (χ0v) is 15.7. The summed E-state index contributed by atoms with van der Waals surface area (Å²) >= 11 is 7.29. The van der Waals surface area contributed by atoms with Gasteiger partial charge in [-0.1, -0.05) is 22.9 Å². The number of aryl methyl sites for hydroxylation is 1. The van der Waals surface area contributed by atoms with Crippen molar-refractivity contribution in [2.45, 2.75) is 13.8 Å². The van der Waals surface area contributed by atoms with Crippen LogP contribution in [0.3, 0.4) is 0 Å². The Balaban J connectivity index is 1.63. The van der Waals surface area contributed by atoms with Crippen LogP contribution in [0.25, 0.3) is 10.2 Å². The van der Waals surface area contributed by atoms with E-state index in [1.165, 1.54) is 18.3 Å². The number of aromatic nitrogens is 1. The first-order chi connectivity index (χ1) is 12.4. The second-order valence-electron chi connectivity index (χ2n) is 5.63. The molecule has 0 spiro atoms. The second-order valence-corrected chi connectivity index (χ2v) is 7.07. The summed E-state index contributed by atoms with van der Waals surface area (Å²) in [7, 11) is 0. The highest BCUT2D eigenvalue weighted by Gasteiger charge is 2.10. The maximum absolute atomic E-state index is 12.1. The molecule has 0 aliphatic rings. The highest BCUT2D eigenvalue weighted by Crippen LogP contribution is 2.28. The second kappa shape index (κ2) is 7.72. The van der Waals surface area contributed by atoms with Gasteiger partial charge in [0.2, 0.25) is 5.91 Å². The Labute approximate surface area is 159 Å². The number of hydrogen-bond donors (Lipinski definition) is 2. The van der Waals surface area contributed by atoms with Gasteiger partial charge in [0.05, 0.1) is 10.2 Å². The average molecular weight is 390 g/mol. The molecule has 8 heteroatoms. The van der Waals surface area contributed by atoms with Gasteiger partial charge in [-0.2, -0.15) is 0 Å². The molecule has 2 amide bonds. The molecule has 6 nitrogen and oxygen atoms in total. The Hall–Kier alpha value is -2.64. The molecule has 26 heavy (non-hydrogen) atoms. The summed E-state index contributed by atoms with van der Waals surface area (Å²) in [4.78, 5) is 27.6. The fourth-order valence-corrected chi connectivity index (χ4v) is 3.31. The number of fused-ring (bicyclic) bond motifs is 1. The number of ether oxygens (including phenoxy) is 1. The quantitative estimate of drug-likeness (QED) is 0.684. The Bertz CT molecular complexity index is 987. The van der Waals surface area contributed by atoms with Crippen LogP contribution in [-0.4, -0.2) is 23.4 Å². The van der Waals surface area contributed by atoms with E-state index in [4.69, 9.17) is 16.3 Å². The third kappa shape index (κ3) is 4.50. The predicted molar refractivity (Wildman–Crippen MR) is 104 cm³/mol. The minimum Gasteiger partial charge on any atom is -0.484 e. The molecule has 1 heterocycles. The number of hydrogen-bond acceptors (Lipinski definition) is 5. The summed E-state index contributed by atoms with van der Waals surface area (Å²) in [5.74, 6) is 0.127. The predicted octanol–water partition coefficient (Wildman–Crippen LogP) is 4.23. The van der Waals surface area contributed by atoms with Crippen molar-refractivity contribution in [1.29, 1.82) is 0 Å². The lowest BCUT2D eigenvalue weighted by atomic mass is 10.2. The molecule has 0 fully saturated rings. The summed E-state index contributed by atoms with van der Waals surface area (Å²) in [6, 6.07) is 10.6. The largest absolute Gasteiger partial charge is 0.484 e. The lowest BCUT2D eigenvalue weighted by molar-refractivity contribution is -0.118. The molecular weight excluding hydrogens is 374 g/mol. The Morgan fingerprint density at radius 3 is 2.73 bits per heavy atom. The molecule has 2 N–H and O–H groups in total. The lowest BCUT2D eigenvalue weighted by Gasteiger charge is -2.07. The maximum atomic E-state index is 12.1. The van der Waals surface area contributed by atoms with Gasteiger partial charge in [-0.25, -0.2) is 4.98 Å². The minimum absolute atomic E-state index is 0.131. The van der Waals surface area contributed by atoms with Gasteiger partial charge in [-0.05, 0) is 48.9 Å². The van der Waals surface area contributed by atoms with Crippen molar-refractivity contribution in [2.75, 3.05) is 17.2 Å². The number of anilines is 2. The zero-order chi connectivity index (χ0) is 18.7. The normalized spacial score (nSPS) is 10.6. The van der Waals surface area contributed by atoms with Gasteiger partial charge < -0.3 is 10.1 Å². The van der Waals surface area contributed by atoms with Gasteiger partial charge in [0.25, 0.3) is 5.91 Å². The van der Waals surface area contributed by atoms with Crippen LogP contribution >= 0.6 is 22.9 Å². The molecule has 2 aromatic carbocycles. The number of rotatable bonds is 5. The summed E-state index contributed by atoms with van der Waals surface area (Å²) in [5, 5.41) is 6.56. The molecule has 0 atom stereocenters. The molecular formula is C18H16ClN3O3S. The number of carbonyl (C=O) groups excluding carboxylic acids is 2. The van der Waals surface area contributed by atoms with Crippen LogP contribution in [0.5, 0.6) is 5.75 Å². The first kappa shape index (κ1) is 18.2. The molecule has 134 valence electrons. The van der Waals surface area contributed by atoms with E-state index in [-0.39, 0.29) is 18.4 Å². The van der Waals surface area contributed by atoms with Crippen LogP contribution in [0.15, 0.2) is 36.4 Å². The van der Waals surface area contributed by atoms with Crippen LogP contribution in [0.2, 0.25) is 5.02 Å². The molecule has 0 aliphatic carbocycles. The molecule has 0 radical (unpaired) electrons. The van der Waals surface area contributed by atoms with E-state index in [0.29, 0.717) is 21.6 Å². The first-order valence-electron chi connectivity index (χ1n) is 7.78. The highest BCUT2D eigenvalue weighted by molar-refractivity contribution is 7.22. The van der Waals surface area contributed by atoms with Crippen molar-refractivity contribution in [1.82, 2.24) is 4.98 Å². The Kier molecular flexibility index (Phi) is 5.39. The van der Waals surface area contributed by atoms with E-state index < -0.39 is 0 Å². The summed E-state index contributed by atoms with van der Waals surface area (Å²) in [6.07, 6.45) is 0. The number of thiazole rings is 1. The molecule has 3 aromatic rings. The summed E-state index contributed by atoms with van der Waals surface area (Å²) in [5.41, 5.74) is 2.31. The van der Waals surface area contributed by atoms with E-state index in [2.05, 4.69) is 15.6 Å². The Morgan fingerprint density at radius 1 is 1.19 bits per heavy atom. The summed E-state index contributed by atoms with van der Waals surface area (Å²) < 4.78 is 6.33. The minimum atomic E-state index is -0.307. The monoisotopic (exact) mass is 389 g/mol. The number of nitrogens with one attached hydrogen (secondary N) is 2.